The number of pyridine rings is 1. The number of benzene rings is 1. The molecule has 1 aliphatic rings. The second-order valence-electron chi connectivity index (χ2n) is 6.57. The Bertz CT molecular complexity index is 1100. The van der Waals surface area contributed by atoms with Gasteiger partial charge in [-0.1, -0.05) is 12.1 Å². The molecule has 4 rings (SSSR count). The number of aromatic nitrogens is 3. The van der Waals surface area contributed by atoms with E-state index in [0.717, 1.165) is 22.5 Å². The van der Waals surface area contributed by atoms with Crippen molar-refractivity contribution in [2.24, 2.45) is 0 Å². The van der Waals surface area contributed by atoms with E-state index in [9.17, 15) is 13.2 Å². The molecule has 3 heterocycles. The average molecular weight is 370 g/mol. The van der Waals surface area contributed by atoms with Gasteiger partial charge in [-0.05, 0) is 37.1 Å². The highest BCUT2D eigenvalue weighted by Gasteiger charge is 2.29. The Hall–Kier alpha value is -2.74. The van der Waals surface area contributed by atoms with Crippen LogP contribution in [0.25, 0.3) is 22.3 Å². The monoisotopic (exact) mass is 370 g/mol. The minimum Gasteiger partial charge on any atom is -0.348 e. The molecule has 8 heteroatoms. The summed E-state index contributed by atoms with van der Waals surface area (Å²) in [6.07, 6.45) is 2.19. The van der Waals surface area contributed by atoms with Crippen LogP contribution >= 0.6 is 0 Å². The predicted molar refractivity (Wildman–Crippen MR) is 98.6 cm³/mol. The van der Waals surface area contributed by atoms with Crippen molar-refractivity contribution in [2.45, 2.75) is 19.4 Å². The number of sulfone groups is 1. The molecule has 1 atom stereocenters. The van der Waals surface area contributed by atoms with Crippen LogP contribution in [-0.4, -0.2) is 46.8 Å². The third-order valence-electron chi connectivity index (χ3n) is 4.48. The molecule has 2 N–H and O–H groups in total. The first-order valence-electron chi connectivity index (χ1n) is 8.34. The highest BCUT2D eigenvalue weighted by Crippen LogP contribution is 2.23. The Labute approximate surface area is 150 Å². The van der Waals surface area contributed by atoms with Gasteiger partial charge in [0.2, 0.25) is 0 Å². The van der Waals surface area contributed by atoms with Crippen molar-refractivity contribution in [1.29, 1.82) is 0 Å². The number of carbonyl (C=O) groups is 1. The fraction of sp³-hybridized carbons (Fsp3) is 0.278. The number of nitrogens with one attached hydrogen (secondary N) is 2. The van der Waals surface area contributed by atoms with Crippen LogP contribution in [0.1, 0.15) is 22.6 Å². The van der Waals surface area contributed by atoms with Crippen molar-refractivity contribution in [1.82, 2.24) is 20.3 Å². The molecule has 1 fully saturated rings. The quantitative estimate of drug-likeness (QED) is 0.732. The lowest BCUT2D eigenvalue weighted by Crippen LogP contribution is -2.35. The summed E-state index contributed by atoms with van der Waals surface area (Å²) < 4.78 is 23.1. The molecule has 1 amide bonds. The smallest absolute Gasteiger partial charge is 0.251 e. The van der Waals surface area contributed by atoms with Crippen molar-refractivity contribution < 1.29 is 13.2 Å². The largest absolute Gasteiger partial charge is 0.348 e. The standard InChI is InChI=1S/C18H18N4O3S/c1-11-20-16-8-14(9-19-17(16)21-11)12-3-2-4-13(7-12)18(23)22-15-5-6-26(24,25)10-15/h2-4,7-9,15H,5-6,10H2,1H3,(H,22,23)(H,19,20,21). The predicted octanol–water partition coefficient (Wildman–Crippen LogP) is 1.85. The van der Waals surface area contributed by atoms with Gasteiger partial charge < -0.3 is 10.3 Å². The minimum absolute atomic E-state index is 0.0121. The summed E-state index contributed by atoms with van der Waals surface area (Å²) in [7, 11) is -3.03. The number of aromatic amines is 1. The maximum atomic E-state index is 12.5. The fourth-order valence-corrected chi connectivity index (χ4v) is 4.87. The van der Waals surface area contributed by atoms with Crippen molar-refractivity contribution in [2.75, 3.05) is 11.5 Å². The first kappa shape index (κ1) is 16.7. The van der Waals surface area contributed by atoms with E-state index in [2.05, 4.69) is 20.3 Å². The van der Waals surface area contributed by atoms with E-state index in [-0.39, 0.29) is 23.5 Å². The number of fused-ring (bicyclic) bond motifs is 1. The van der Waals surface area contributed by atoms with E-state index in [1.165, 1.54) is 0 Å². The number of aryl methyl sites for hydroxylation is 1. The number of H-pyrrole nitrogens is 1. The van der Waals surface area contributed by atoms with E-state index in [4.69, 9.17) is 0 Å². The minimum atomic E-state index is -3.03. The summed E-state index contributed by atoms with van der Waals surface area (Å²) in [5.41, 5.74) is 3.72. The van der Waals surface area contributed by atoms with Gasteiger partial charge in [0.05, 0.1) is 17.0 Å². The number of imidazole rings is 1. The highest BCUT2D eigenvalue weighted by atomic mass is 32.2. The summed E-state index contributed by atoms with van der Waals surface area (Å²) >= 11 is 0. The van der Waals surface area contributed by atoms with Crippen LogP contribution < -0.4 is 5.32 Å². The number of nitrogens with zero attached hydrogens (tertiary/aromatic N) is 2. The summed E-state index contributed by atoms with van der Waals surface area (Å²) in [5.74, 6) is 0.676. The first-order chi connectivity index (χ1) is 12.4. The van der Waals surface area contributed by atoms with Crippen molar-refractivity contribution in [3.8, 4) is 11.1 Å². The molecule has 3 aromatic rings. The second-order valence-corrected chi connectivity index (χ2v) is 8.80. The van der Waals surface area contributed by atoms with Gasteiger partial charge in [-0.15, -0.1) is 0 Å². The number of carbonyl (C=O) groups excluding carboxylic acids is 1. The number of hydrogen-bond acceptors (Lipinski definition) is 5. The fourth-order valence-electron chi connectivity index (χ4n) is 3.20. The molecule has 1 saturated heterocycles. The van der Waals surface area contributed by atoms with Gasteiger partial charge in [0, 0.05) is 23.4 Å². The molecular weight excluding hydrogens is 352 g/mol. The second kappa shape index (κ2) is 6.21. The molecular formula is C18H18N4O3S. The van der Waals surface area contributed by atoms with Crippen LogP contribution in [0.5, 0.6) is 0 Å². The first-order valence-corrected chi connectivity index (χ1v) is 10.2. The molecule has 7 nitrogen and oxygen atoms in total. The van der Waals surface area contributed by atoms with Crippen molar-refractivity contribution in [3.05, 3.63) is 47.9 Å². The van der Waals surface area contributed by atoms with Gasteiger partial charge in [-0.2, -0.15) is 0 Å². The summed E-state index contributed by atoms with van der Waals surface area (Å²) in [4.78, 5) is 24.3. The number of hydrogen-bond donors (Lipinski definition) is 2. The van der Waals surface area contributed by atoms with E-state index in [0.29, 0.717) is 17.6 Å². The number of rotatable bonds is 3. The molecule has 1 unspecified atom stereocenters. The van der Waals surface area contributed by atoms with E-state index >= 15 is 0 Å². The zero-order valence-corrected chi connectivity index (χ0v) is 15.0. The molecule has 0 spiro atoms. The third-order valence-corrected chi connectivity index (χ3v) is 6.25. The molecule has 26 heavy (non-hydrogen) atoms. The van der Waals surface area contributed by atoms with Crippen LogP contribution in [0.4, 0.5) is 0 Å². The van der Waals surface area contributed by atoms with Crippen molar-refractivity contribution >= 4 is 26.9 Å². The Morgan fingerprint density at radius 3 is 2.88 bits per heavy atom. The summed E-state index contributed by atoms with van der Waals surface area (Å²) in [5, 5.41) is 2.81. The van der Waals surface area contributed by atoms with Gasteiger partial charge >= 0.3 is 0 Å². The Kier molecular flexibility index (Phi) is 3.99. The molecule has 1 aromatic carbocycles. The topological polar surface area (TPSA) is 105 Å². The third kappa shape index (κ3) is 3.32. The lowest BCUT2D eigenvalue weighted by molar-refractivity contribution is 0.0941. The van der Waals surface area contributed by atoms with Crippen LogP contribution in [0.3, 0.4) is 0 Å². The number of amides is 1. The van der Waals surface area contributed by atoms with Gasteiger partial charge in [0.15, 0.2) is 15.5 Å². The van der Waals surface area contributed by atoms with Crippen LogP contribution in [-0.2, 0) is 9.84 Å². The molecule has 0 radical (unpaired) electrons. The SMILES string of the molecule is Cc1nc2ncc(-c3cccc(C(=O)NC4CCS(=O)(=O)C4)c3)cc2[nH]1. The summed E-state index contributed by atoms with van der Waals surface area (Å²) in [6, 6.07) is 8.84. The Balaban J connectivity index is 1.58. The molecule has 0 aliphatic carbocycles. The molecule has 1 aliphatic heterocycles. The van der Waals surface area contributed by atoms with E-state index in [1.807, 2.05) is 19.1 Å². The Morgan fingerprint density at radius 1 is 1.27 bits per heavy atom. The lowest BCUT2D eigenvalue weighted by Gasteiger charge is -2.11. The van der Waals surface area contributed by atoms with Crippen molar-refractivity contribution in [3.63, 3.8) is 0 Å². The lowest BCUT2D eigenvalue weighted by atomic mass is 10.0. The van der Waals surface area contributed by atoms with Crippen LogP contribution in [0.2, 0.25) is 0 Å². The molecule has 0 bridgehead atoms. The van der Waals surface area contributed by atoms with Crippen LogP contribution in [0, 0.1) is 6.92 Å². The van der Waals surface area contributed by atoms with E-state index in [1.54, 1.807) is 24.4 Å². The molecule has 2 aromatic heterocycles. The van der Waals surface area contributed by atoms with Gasteiger partial charge in [-0.25, -0.2) is 18.4 Å². The van der Waals surface area contributed by atoms with Gasteiger partial charge in [0.1, 0.15) is 5.82 Å². The maximum absolute atomic E-state index is 12.5. The molecule has 0 saturated carbocycles. The molecule has 134 valence electrons. The summed E-state index contributed by atoms with van der Waals surface area (Å²) in [6.45, 7) is 1.87. The normalized spacial score (nSPS) is 18.9. The zero-order valence-electron chi connectivity index (χ0n) is 14.2. The zero-order chi connectivity index (χ0) is 18.3. The van der Waals surface area contributed by atoms with E-state index < -0.39 is 9.84 Å². The van der Waals surface area contributed by atoms with Crippen LogP contribution in [0.15, 0.2) is 36.5 Å². The average Bonchev–Trinajstić information content (AvgIpc) is 3.14. The van der Waals surface area contributed by atoms with Gasteiger partial charge in [0.25, 0.3) is 5.91 Å². The highest BCUT2D eigenvalue weighted by molar-refractivity contribution is 7.91. The maximum Gasteiger partial charge on any atom is 0.251 e. The Morgan fingerprint density at radius 2 is 2.12 bits per heavy atom. The van der Waals surface area contributed by atoms with Gasteiger partial charge in [-0.3, -0.25) is 4.79 Å².